The largest absolute Gasteiger partial charge is 1.00 e. The van der Waals surface area contributed by atoms with Gasteiger partial charge in [-0.3, -0.25) is 9.59 Å². The van der Waals surface area contributed by atoms with Crippen molar-refractivity contribution in [1.82, 2.24) is 19.6 Å². The minimum Gasteiger partial charge on any atom is -0.871 e. The van der Waals surface area contributed by atoms with Gasteiger partial charge >= 0.3 is 1.43 Å². The number of benzene rings is 4. The van der Waals surface area contributed by atoms with E-state index in [4.69, 9.17) is 23.2 Å². The van der Waals surface area contributed by atoms with Gasteiger partial charge in [-0.25, -0.2) is 0 Å². The molecular formula is C32H23Cl2FeN8O4-3. The number of hydrogen-bond acceptors (Lipinski definition) is 8. The number of aryl methyl sites for hydroxylation is 2. The molecular weight excluding hydrogens is 687 g/mol. The van der Waals surface area contributed by atoms with E-state index in [1.54, 1.807) is 38.1 Å². The minimum atomic E-state index is -0.396. The molecule has 2 heterocycles. The predicted octanol–water partition coefficient (Wildman–Crippen LogP) is 6.60. The minimum absolute atomic E-state index is 0. The third-order valence-electron chi connectivity index (χ3n) is 6.33. The van der Waals surface area contributed by atoms with Crippen LogP contribution in [0.4, 0.5) is 22.7 Å². The molecule has 0 fully saturated rings. The van der Waals surface area contributed by atoms with Crippen LogP contribution < -0.4 is 31.5 Å². The van der Waals surface area contributed by atoms with Crippen LogP contribution in [0, 0.1) is 13.8 Å². The smallest absolute Gasteiger partial charge is 0.871 e. The van der Waals surface area contributed by atoms with Gasteiger partial charge in [-0.2, -0.15) is 10.2 Å². The molecule has 0 atom stereocenters. The molecule has 47 heavy (non-hydrogen) atoms. The third-order valence-corrected chi connectivity index (χ3v) is 6.80. The Hall–Kier alpha value is -5.20. The molecule has 2 aromatic heterocycles. The molecule has 15 heteroatoms. The molecule has 0 aliphatic heterocycles. The molecule has 0 radical (unpaired) electrons. The Morgan fingerprint density at radius 1 is 0.596 bits per heavy atom. The van der Waals surface area contributed by atoms with E-state index in [0.717, 1.165) is 0 Å². The van der Waals surface area contributed by atoms with Crippen molar-refractivity contribution >= 4 is 46.0 Å². The van der Waals surface area contributed by atoms with Gasteiger partial charge in [-0.05, 0) is 48.5 Å². The normalized spacial score (nSPS) is 11.0. The molecule has 0 aliphatic carbocycles. The second-order valence-electron chi connectivity index (χ2n) is 9.60. The van der Waals surface area contributed by atoms with Crippen LogP contribution in [-0.4, -0.2) is 9.36 Å². The van der Waals surface area contributed by atoms with Crippen molar-refractivity contribution in [3.63, 3.8) is 0 Å². The molecule has 6 aromatic rings. The van der Waals surface area contributed by atoms with Gasteiger partial charge in [0.05, 0.1) is 11.4 Å². The van der Waals surface area contributed by atoms with E-state index in [1.807, 2.05) is 36.4 Å². The van der Waals surface area contributed by atoms with Crippen molar-refractivity contribution in [3.8, 4) is 22.9 Å². The summed E-state index contributed by atoms with van der Waals surface area (Å²) in [5, 5.41) is 47.9. The van der Waals surface area contributed by atoms with E-state index in [9.17, 15) is 19.8 Å². The Bertz CT molecular complexity index is 2030. The maximum Gasteiger partial charge on any atom is 1.00 e. The van der Waals surface area contributed by atoms with Crippen molar-refractivity contribution in [1.29, 1.82) is 0 Å². The molecule has 6 rings (SSSR count). The zero-order valence-electron chi connectivity index (χ0n) is 25.6. The number of halogens is 2. The fraction of sp³-hybridized carbons (Fsp3) is 0.0625. The zero-order chi connectivity index (χ0) is 32.8. The predicted molar refractivity (Wildman–Crippen MR) is 171 cm³/mol. The zero-order valence-corrected chi connectivity index (χ0v) is 27.2. The van der Waals surface area contributed by atoms with Crippen LogP contribution in [0.5, 0.6) is 11.5 Å². The second kappa shape index (κ2) is 15.4. The molecule has 12 nitrogen and oxygen atoms in total. The third kappa shape index (κ3) is 8.15. The second-order valence-corrected chi connectivity index (χ2v) is 10.5. The SMILES string of the molecule is Cc1[n-]n(-c2ccccc2)c(=O)c1N=Nc1cc(Cl)ccc1[O-].Cc1[n-]n(-c2ccccc2)c(=O)c1N=Nc1cc(Cl)ccc1[O-].[Fe].[H+]. The molecule has 0 N–H and O–H groups in total. The molecule has 4 aromatic carbocycles. The van der Waals surface area contributed by atoms with Gasteiger partial charge in [-0.1, -0.05) is 97.1 Å². The summed E-state index contributed by atoms with van der Waals surface area (Å²) >= 11 is 11.7. The Balaban J connectivity index is 0.000000250. The van der Waals surface area contributed by atoms with E-state index < -0.39 is 11.1 Å². The van der Waals surface area contributed by atoms with Gasteiger partial charge in [0.15, 0.2) is 0 Å². The van der Waals surface area contributed by atoms with Crippen molar-refractivity contribution < 1.29 is 28.7 Å². The quantitative estimate of drug-likeness (QED) is 0.139. The van der Waals surface area contributed by atoms with E-state index in [2.05, 4.69) is 30.7 Å². The fourth-order valence-electron chi connectivity index (χ4n) is 4.06. The summed E-state index contributed by atoms with van der Waals surface area (Å²) < 4.78 is 2.50. The van der Waals surface area contributed by atoms with E-state index in [0.29, 0.717) is 32.8 Å². The van der Waals surface area contributed by atoms with Crippen LogP contribution in [0.25, 0.3) is 11.4 Å². The van der Waals surface area contributed by atoms with Crippen molar-refractivity contribution in [3.05, 3.63) is 139 Å². The van der Waals surface area contributed by atoms with Crippen molar-refractivity contribution in [2.75, 3.05) is 0 Å². The number of rotatable bonds is 6. The molecule has 0 saturated carbocycles. The average Bonchev–Trinajstić information content (AvgIpc) is 3.51. The molecule has 240 valence electrons. The monoisotopic (exact) mass is 709 g/mol. The summed E-state index contributed by atoms with van der Waals surface area (Å²) in [6.07, 6.45) is 0. The number of para-hydroxylation sites is 2. The van der Waals surface area contributed by atoms with E-state index >= 15 is 0 Å². The first-order valence-electron chi connectivity index (χ1n) is 13.5. The summed E-state index contributed by atoms with van der Waals surface area (Å²) in [5.41, 5.74) is 1.66. The van der Waals surface area contributed by atoms with Gasteiger partial charge in [0.25, 0.3) is 11.1 Å². The van der Waals surface area contributed by atoms with Gasteiger partial charge in [0.2, 0.25) is 0 Å². The van der Waals surface area contributed by atoms with Crippen molar-refractivity contribution in [2.24, 2.45) is 20.5 Å². The first-order valence-corrected chi connectivity index (χ1v) is 14.3. The van der Waals surface area contributed by atoms with Gasteiger partial charge in [0, 0.05) is 38.5 Å². The average molecular weight is 710 g/mol. The Morgan fingerprint density at radius 2 is 0.957 bits per heavy atom. The van der Waals surface area contributed by atoms with Crippen LogP contribution in [0.15, 0.2) is 127 Å². The molecule has 0 spiro atoms. The first kappa shape index (κ1) is 34.7. The van der Waals surface area contributed by atoms with Crippen LogP contribution in [0.1, 0.15) is 12.8 Å². The summed E-state index contributed by atoms with van der Waals surface area (Å²) in [4.78, 5) is 24.8. The summed E-state index contributed by atoms with van der Waals surface area (Å²) in [6, 6.07) is 26.3. The topological polar surface area (TPSA) is 168 Å². The van der Waals surface area contributed by atoms with Crippen molar-refractivity contribution in [2.45, 2.75) is 13.8 Å². The summed E-state index contributed by atoms with van der Waals surface area (Å²) in [7, 11) is 0. The van der Waals surface area contributed by atoms with Gasteiger partial charge < -0.3 is 29.8 Å². The molecule has 0 unspecified atom stereocenters. The van der Waals surface area contributed by atoms with E-state index in [-0.39, 0.29) is 52.7 Å². The van der Waals surface area contributed by atoms with Crippen LogP contribution in [0.3, 0.4) is 0 Å². The molecule has 0 saturated heterocycles. The molecule has 0 aliphatic rings. The Morgan fingerprint density at radius 3 is 1.32 bits per heavy atom. The van der Waals surface area contributed by atoms with E-state index in [1.165, 1.54) is 45.8 Å². The number of azo groups is 2. The van der Waals surface area contributed by atoms with Gasteiger partial charge in [0.1, 0.15) is 11.4 Å². The van der Waals surface area contributed by atoms with Crippen LogP contribution >= 0.6 is 23.2 Å². The fourth-order valence-corrected chi connectivity index (χ4v) is 4.39. The Labute approximate surface area is 289 Å². The summed E-state index contributed by atoms with van der Waals surface area (Å²) in [6.45, 7) is 3.32. The maximum atomic E-state index is 12.4. The summed E-state index contributed by atoms with van der Waals surface area (Å²) in [5.74, 6) is -0.641. The van der Waals surface area contributed by atoms with Crippen LogP contribution in [0.2, 0.25) is 10.0 Å². The van der Waals surface area contributed by atoms with Crippen LogP contribution in [-0.2, 0) is 17.1 Å². The standard InChI is InChI=1S/2C16H13ClN4O2.Fe/c2*1-10-15(19-18-13-9-11(17)7-8-14(13)22)16(23)21(20-10)12-5-3-2-4-6-12;/h2*2-9H,1H3,(H2,18,19,20,22,23);/p-3. The first-order chi connectivity index (χ1) is 22.1. The Kier molecular flexibility index (Phi) is 11.4. The molecule has 0 bridgehead atoms. The molecule has 0 amide bonds. The number of hydrogen-bond donors (Lipinski definition) is 0. The maximum absolute atomic E-state index is 12.4. The van der Waals surface area contributed by atoms with Gasteiger partial charge in [-0.15, -0.1) is 21.6 Å². The number of aromatic nitrogens is 4. The number of nitrogens with zero attached hydrogens (tertiary/aromatic N) is 8.